The largest absolute Gasteiger partial charge is 0.478 e. The Balaban J connectivity index is 2.30. The fraction of sp³-hybridized carbons (Fsp3) is 0.0714. The smallest absolute Gasteiger partial charge is 0.336 e. The Bertz CT molecular complexity index is 662. The van der Waals surface area contributed by atoms with Crippen LogP contribution in [0.1, 0.15) is 15.9 Å². The predicted octanol–water partition coefficient (Wildman–Crippen LogP) is 4.57. The first-order valence-electron chi connectivity index (χ1n) is 5.67. The minimum atomic E-state index is -1.05. The van der Waals surface area contributed by atoms with Crippen LogP contribution in [0.5, 0.6) is 0 Å². The monoisotopic (exact) mass is 327 g/mol. The van der Waals surface area contributed by atoms with Crippen LogP contribution in [-0.2, 0) is 5.75 Å². The van der Waals surface area contributed by atoms with Crippen LogP contribution in [0, 0.1) is 0 Å². The van der Waals surface area contributed by atoms with E-state index in [1.165, 1.54) is 17.8 Å². The molecule has 0 spiro atoms. The number of thioether (sulfide) groups is 1. The Hall–Kier alpha value is -1.36. The van der Waals surface area contributed by atoms with Gasteiger partial charge in [0, 0.05) is 21.4 Å². The molecule has 0 radical (unpaired) electrons. The lowest BCUT2D eigenvalue weighted by Crippen LogP contribution is -2.01. The fourth-order valence-electron chi connectivity index (χ4n) is 1.69. The van der Waals surface area contributed by atoms with Gasteiger partial charge in [0.2, 0.25) is 0 Å². The maximum atomic E-state index is 11.3. The highest BCUT2D eigenvalue weighted by Crippen LogP contribution is 2.36. The molecule has 0 atom stereocenters. The van der Waals surface area contributed by atoms with Crippen LogP contribution in [0.2, 0.25) is 10.0 Å². The van der Waals surface area contributed by atoms with Crippen molar-refractivity contribution < 1.29 is 9.90 Å². The summed E-state index contributed by atoms with van der Waals surface area (Å²) in [6.45, 7) is 0. The quantitative estimate of drug-likeness (QED) is 0.638. The Morgan fingerprint density at radius 1 is 1.20 bits per heavy atom. The molecule has 0 aliphatic carbocycles. The standard InChI is InChI=1S/C14H11Cl2NO2S/c15-11-4-2-1-3-8(11)7-20-13-10(14(18)19)5-9(17)6-12(13)16/h1-6H,7,17H2,(H,18,19). The molecule has 20 heavy (non-hydrogen) atoms. The van der Waals surface area contributed by atoms with E-state index < -0.39 is 5.97 Å². The Kier molecular flexibility index (Phi) is 4.81. The van der Waals surface area contributed by atoms with Crippen molar-refractivity contribution in [2.75, 3.05) is 5.73 Å². The zero-order chi connectivity index (χ0) is 14.7. The third-order valence-electron chi connectivity index (χ3n) is 2.63. The van der Waals surface area contributed by atoms with Crippen molar-refractivity contribution in [2.45, 2.75) is 10.6 Å². The Labute approximate surface area is 130 Å². The van der Waals surface area contributed by atoms with Gasteiger partial charge in [-0.3, -0.25) is 0 Å². The van der Waals surface area contributed by atoms with Crippen LogP contribution >= 0.6 is 35.0 Å². The molecule has 2 aromatic carbocycles. The molecule has 0 aliphatic rings. The maximum absolute atomic E-state index is 11.3. The average Bonchev–Trinajstić information content (AvgIpc) is 2.38. The second-order valence-electron chi connectivity index (χ2n) is 4.06. The van der Waals surface area contributed by atoms with E-state index in [-0.39, 0.29) is 5.56 Å². The maximum Gasteiger partial charge on any atom is 0.336 e. The van der Waals surface area contributed by atoms with Gasteiger partial charge in [-0.25, -0.2) is 4.79 Å². The van der Waals surface area contributed by atoms with Crippen LogP contribution in [0.25, 0.3) is 0 Å². The summed E-state index contributed by atoms with van der Waals surface area (Å²) in [7, 11) is 0. The molecule has 0 saturated carbocycles. The van der Waals surface area contributed by atoms with Gasteiger partial charge in [-0.05, 0) is 23.8 Å². The molecule has 6 heteroatoms. The lowest BCUT2D eigenvalue weighted by Gasteiger charge is -2.10. The molecule has 2 rings (SSSR count). The van der Waals surface area contributed by atoms with Gasteiger partial charge in [0.05, 0.1) is 10.6 Å². The summed E-state index contributed by atoms with van der Waals surface area (Å²) in [6.07, 6.45) is 0. The first-order valence-corrected chi connectivity index (χ1v) is 7.41. The molecule has 3 nitrogen and oxygen atoms in total. The number of halogens is 2. The van der Waals surface area contributed by atoms with E-state index in [0.717, 1.165) is 5.56 Å². The molecule has 0 amide bonds. The molecular formula is C14H11Cl2NO2S. The summed E-state index contributed by atoms with van der Waals surface area (Å²) < 4.78 is 0. The zero-order valence-corrected chi connectivity index (χ0v) is 12.6. The van der Waals surface area contributed by atoms with Gasteiger partial charge in [-0.15, -0.1) is 11.8 Å². The van der Waals surface area contributed by atoms with Crippen molar-refractivity contribution in [3.05, 3.63) is 57.6 Å². The summed E-state index contributed by atoms with van der Waals surface area (Å²) in [5.41, 5.74) is 6.97. The van der Waals surface area contributed by atoms with Crippen LogP contribution < -0.4 is 5.73 Å². The highest BCUT2D eigenvalue weighted by molar-refractivity contribution is 7.98. The molecule has 3 N–H and O–H groups in total. The molecule has 0 saturated heterocycles. The number of anilines is 1. The molecule has 0 aromatic heterocycles. The van der Waals surface area contributed by atoms with Crippen molar-refractivity contribution >= 4 is 46.6 Å². The second kappa shape index (κ2) is 6.39. The van der Waals surface area contributed by atoms with Crippen LogP contribution in [0.15, 0.2) is 41.3 Å². The minimum absolute atomic E-state index is 0.104. The SMILES string of the molecule is Nc1cc(Cl)c(SCc2ccccc2Cl)c(C(=O)O)c1. The summed E-state index contributed by atoms with van der Waals surface area (Å²) in [5.74, 6) is -0.523. The van der Waals surface area contributed by atoms with Gasteiger partial charge in [0.1, 0.15) is 0 Å². The van der Waals surface area contributed by atoms with E-state index in [1.807, 2.05) is 18.2 Å². The summed E-state index contributed by atoms with van der Waals surface area (Å²) >= 11 is 13.5. The molecule has 0 aliphatic heterocycles. The van der Waals surface area contributed by atoms with Crippen molar-refractivity contribution in [1.82, 2.24) is 0 Å². The first-order chi connectivity index (χ1) is 9.49. The van der Waals surface area contributed by atoms with Gasteiger partial charge >= 0.3 is 5.97 Å². The van der Waals surface area contributed by atoms with Gasteiger partial charge in [0.25, 0.3) is 0 Å². The van der Waals surface area contributed by atoms with E-state index >= 15 is 0 Å². The lowest BCUT2D eigenvalue weighted by atomic mass is 10.2. The van der Waals surface area contributed by atoms with Gasteiger partial charge in [0.15, 0.2) is 0 Å². The third kappa shape index (κ3) is 3.39. The van der Waals surface area contributed by atoms with Gasteiger partial charge < -0.3 is 10.8 Å². The molecule has 104 valence electrons. The van der Waals surface area contributed by atoms with E-state index in [0.29, 0.717) is 26.4 Å². The number of benzene rings is 2. The molecule has 0 unspecified atom stereocenters. The zero-order valence-electron chi connectivity index (χ0n) is 10.3. The number of hydrogen-bond donors (Lipinski definition) is 2. The first kappa shape index (κ1) is 15.0. The summed E-state index contributed by atoms with van der Waals surface area (Å²) in [6, 6.07) is 10.4. The molecule has 2 aromatic rings. The van der Waals surface area contributed by atoms with E-state index in [4.69, 9.17) is 28.9 Å². The average molecular weight is 328 g/mol. The van der Waals surface area contributed by atoms with Crippen LogP contribution in [0.4, 0.5) is 5.69 Å². The summed E-state index contributed by atoms with van der Waals surface area (Å²) in [4.78, 5) is 11.7. The molecular weight excluding hydrogens is 317 g/mol. The summed E-state index contributed by atoms with van der Waals surface area (Å²) in [5, 5.41) is 10.2. The number of hydrogen-bond acceptors (Lipinski definition) is 3. The van der Waals surface area contributed by atoms with Crippen LogP contribution in [-0.4, -0.2) is 11.1 Å². The molecule has 0 bridgehead atoms. The Morgan fingerprint density at radius 2 is 1.90 bits per heavy atom. The number of rotatable bonds is 4. The number of carboxylic acid groups (broad SMARTS) is 1. The number of carbonyl (C=O) groups is 1. The number of nitrogen functional groups attached to an aromatic ring is 1. The minimum Gasteiger partial charge on any atom is -0.478 e. The highest BCUT2D eigenvalue weighted by atomic mass is 35.5. The topological polar surface area (TPSA) is 63.3 Å². The van der Waals surface area contributed by atoms with E-state index in [1.54, 1.807) is 12.1 Å². The van der Waals surface area contributed by atoms with Gasteiger partial charge in [-0.2, -0.15) is 0 Å². The number of nitrogens with two attached hydrogens (primary N) is 1. The highest BCUT2D eigenvalue weighted by Gasteiger charge is 2.15. The van der Waals surface area contributed by atoms with Gasteiger partial charge in [-0.1, -0.05) is 41.4 Å². The normalized spacial score (nSPS) is 10.5. The van der Waals surface area contributed by atoms with E-state index in [2.05, 4.69) is 0 Å². The fourth-order valence-corrected chi connectivity index (χ4v) is 3.41. The van der Waals surface area contributed by atoms with Crippen molar-refractivity contribution in [3.63, 3.8) is 0 Å². The van der Waals surface area contributed by atoms with Crippen molar-refractivity contribution in [2.24, 2.45) is 0 Å². The number of aromatic carboxylic acids is 1. The van der Waals surface area contributed by atoms with Crippen LogP contribution in [0.3, 0.4) is 0 Å². The molecule has 0 fully saturated rings. The predicted molar refractivity (Wildman–Crippen MR) is 83.8 cm³/mol. The second-order valence-corrected chi connectivity index (χ2v) is 5.86. The number of carboxylic acids is 1. The van der Waals surface area contributed by atoms with Crippen molar-refractivity contribution in [1.29, 1.82) is 0 Å². The van der Waals surface area contributed by atoms with Crippen molar-refractivity contribution in [3.8, 4) is 0 Å². The van der Waals surface area contributed by atoms with E-state index in [9.17, 15) is 9.90 Å². The lowest BCUT2D eigenvalue weighted by molar-refractivity contribution is 0.0693. The Morgan fingerprint density at radius 3 is 2.55 bits per heavy atom. The molecule has 0 heterocycles. The third-order valence-corrected chi connectivity index (χ3v) is 4.59.